The predicted molar refractivity (Wildman–Crippen MR) is 83.7 cm³/mol. The van der Waals surface area contributed by atoms with Gasteiger partial charge in [0.1, 0.15) is 0 Å². The Morgan fingerprint density at radius 2 is 2.25 bits per heavy atom. The van der Waals surface area contributed by atoms with Crippen LogP contribution in [-0.2, 0) is 16.4 Å². The molecule has 1 atom stereocenters. The lowest BCUT2D eigenvalue weighted by Crippen LogP contribution is -2.47. The molecular weight excluding hydrogens is 294 g/mol. The lowest BCUT2D eigenvalue weighted by molar-refractivity contribution is 0.133. The summed E-state index contributed by atoms with van der Waals surface area (Å²) in [6.45, 7) is 7.15. The third kappa shape index (κ3) is 3.62. The van der Waals surface area contributed by atoms with Crippen molar-refractivity contribution in [3.05, 3.63) is 47.5 Å². The van der Waals surface area contributed by atoms with E-state index in [1.807, 2.05) is 37.3 Å². The minimum atomic E-state index is -2.92. The van der Waals surface area contributed by atoms with Gasteiger partial charge >= 0.3 is 0 Å². The number of nitrogens with zero attached hydrogens (tertiary/aromatic N) is 1. The molecule has 1 aromatic rings. The molecule has 0 bridgehead atoms. The summed E-state index contributed by atoms with van der Waals surface area (Å²) in [6.07, 6.45) is 2.49. The van der Waals surface area contributed by atoms with Crippen molar-refractivity contribution < 1.29 is 8.42 Å². The van der Waals surface area contributed by atoms with Crippen LogP contribution in [0.1, 0.15) is 18.9 Å². The van der Waals surface area contributed by atoms with Crippen molar-refractivity contribution in [2.24, 2.45) is 0 Å². The van der Waals surface area contributed by atoms with Crippen LogP contribution in [0, 0.1) is 0 Å². The number of sulfone groups is 1. The van der Waals surface area contributed by atoms with Gasteiger partial charge in [-0.25, -0.2) is 8.42 Å². The van der Waals surface area contributed by atoms with E-state index >= 15 is 0 Å². The molecule has 1 aliphatic rings. The summed E-state index contributed by atoms with van der Waals surface area (Å²) >= 11 is 6.01. The summed E-state index contributed by atoms with van der Waals surface area (Å²) in [7, 11) is -2.92. The zero-order valence-corrected chi connectivity index (χ0v) is 13.3. The van der Waals surface area contributed by atoms with Crippen molar-refractivity contribution in [1.29, 1.82) is 0 Å². The van der Waals surface area contributed by atoms with Crippen molar-refractivity contribution in [2.75, 3.05) is 18.1 Å². The first-order valence-electron chi connectivity index (χ1n) is 6.65. The van der Waals surface area contributed by atoms with Gasteiger partial charge in [-0.05, 0) is 31.0 Å². The SMILES string of the molecule is C=CCN(Cc1cccc(Cl)c1)[C@@]1(C)CCS(=O)(=O)C1. The minimum absolute atomic E-state index is 0.217. The second-order valence-electron chi connectivity index (χ2n) is 5.64. The molecule has 0 unspecified atom stereocenters. The molecule has 20 heavy (non-hydrogen) atoms. The first-order chi connectivity index (χ1) is 9.35. The molecule has 0 aliphatic carbocycles. The Morgan fingerprint density at radius 1 is 1.50 bits per heavy atom. The van der Waals surface area contributed by atoms with Crippen LogP contribution < -0.4 is 0 Å². The Kier molecular flexibility index (Phi) is 4.57. The van der Waals surface area contributed by atoms with Gasteiger partial charge < -0.3 is 0 Å². The van der Waals surface area contributed by atoms with Crippen LogP contribution in [0.5, 0.6) is 0 Å². The maximum atomic E-state index is 11.8. The van der Waals surface area contributed by atoms with Gasteiger partial charge in [-0.3, -0.25) is 4.90 Å². The Morgan fingerprint density at radius 3 is 2.80 bits per heavy atom. The highest BCUT2D eigenvalue weighted by molar-refractivity contribution is 7.91. The maximum Gasteiger partial charge on any atom is 0.152 e. The van der Waals surface area contributed by atoms with E-state index in [0.29, 0.717) is 24.5 Å². The summed E-state index contributed by atoms with van der Waals surface area (Å²) in [5.41, 5.74) is 0.764. The highest BCUT2D eigenvalue weighted by atomic mass is 35.5. The van der Waals surface area contributed by atoms with Gasteiger partial charge in [0.05, 0.1) is 11.5 Å². The normalized spacial score (nSPS) is 24.9. The van der Waals surface area contributed by atoms with E-state index in [4.69, 9.17) is 11.6 Å². The van der Waals surface area contributed by atoms with Gasteiger partial charge in [-0.15, -0.1) is 6.58 Å². The molecule has 1 fully saturated rings. The first-order valence-corrected chi connectivity index (χ1v) is 8.85. The highest BCUT2D eigenvalue weighted by Gasteiger charge is 2.42. The fourth-order valence-electron chi connectivity index (χ4n) is 2.73. The lowest BCUT2D eigenvalue weighted by Gasteiger charge is -2.37. The van der Waals surface area contributed by atoms with Crippen LogP contribution in [0.3, 0.4) is 0 Å². The van der Waals surface area contributed by atoms with Crippen molar-refractivity contribution in [2.45, 2.75) is 25.4 Å². The van der Waals surface area contributed by atoms with E-state index < -0.39 is 9.84 Å². The topological polar surface area (TPSA) is 37.4 Å². The predicted octanol–water partition coefficient (Wildman–Crippen LogP) is 2.91. The Balaban J connectivity index is 2.21. The number of hydrogen-bond donors (Lipinski definition) is 0. The quantitative estimate of drug-likeness (QED) is 0.784. The molecule has 0 saturated carbocycles. The van der Waals surface area contributed by atoms with E-state index in [1.165, 1.54) is 0 Å². The average Bonchev–Trinajstić information content (AvgIpc) is 2.64. The van der Waals surface area contributed by atoms with Crippen molar-refractivity contribution >= 4 is 21.4 Å². The van der Waals surface area contributed by atoms with Gasteiger partial charge in [-0.2, -0.15) is 0 Å². The summed E-state index contributed by atoms with van der Waals surface area (Å²) in [6, 6.07) is 7.68. The van der Waals surface area contributed by atoms with E-state index in [1.54, 1.807) is 0 Å². The van der Waals surface area contributed by atoms with Crippen LogP contribution in [0.25, 0.3) is 0 Å². The van der Waals surface area contributed by atoms with Crippen LogP contribution in [0.2, 0.25) is 5.02 Å². The minimum Gasteiger partial charge on any atom is -0.289 e. The monoisotopic (exact) mass is 313 g/mol. The smallest absolute Gasteiger partial charge is 0.152 e. The molecule has 0 N–H and O–H groups in total. The summed E-state index contributed by atoms with van der Waals surface area (Å²) in [5, 5.41) is 0.699. The van der Waals surface area contributed by atoms with Gasteiger partial charge in [-0.1, -0.05) is 29.8 Å². The standard InChI is InChI=1S/C15H20ClNO2S/c1-3-8-17(11-13-5-4-6-14(16)10-13)15(2)7-9-20(18,19)12-15/h3-6,10H,1,7-9,11-12H2,2H3/t15-/m0/s1. The molecule has 110 valence electrons. The molecule has 1 saturated heterocycles. The molecule has 0 amide bonds. The average molecular weight is 314 g/mol. The van der Waals surface area contributed by atoms with E-state index in [9.17, 15) is 8.42 Å². The second-order valence-corrected chi connectivity index (χ2v) is 8.26. The molecule has 1 aromatic carbocycles. The largest absolute Gasteiger partial charge is 0.289 e. The van der Waals surface area contributed by atoms with Crippen molar-refractivity contribution in [3.8, 4) is 0 Å². The third-order valence-corrected chi connectivity index (χ3v) is 5.98. The fourth-order valence-corrected chi connectivity index (χ4v) is 5.11. The van der Waals surface area contributed by atoms with Crippen LogP contribution in [-0.4, -0.2) is 36.9 Å². The molecule has 1 heterocycles. The van der Waals surface area contributed by atoms with Gasteiger partial charge in [0, 0.05) is 23.7 Å². The summed E-state index contributed by atoms with van der Waals surface area (Å²) < 4.78 is 23.6. The fraction of sp³-hybridized carbons (Fsp3) is 0.467. The van der Waals surface area contributed by atoms with Crippen molar-refractivity contribution in [1.82, 2.24) is 4.90 Å². The third-order valence-electron chi connectivity index (χ3n) is 3.86. The number of rotatable bonds is 5. The summed E-state index contributed by atoms with van der Waals surface area (Å²) in [4.78, 5) is 2.18. The van der Waals surface area contributed by atoms with E-state index in [2.05, 4.69) is 11.5 Å². The molecule has 3 nitrogen and oxygen atoms in total. The molecule has 0 aromatic heterocycles. The maximum absolute atomic E-state index is 11.8. The molecule has 0 radical (unpaired) electrons. The zero-order chi connectivity index (χ0) is 14.8. The lowest BCUT2D eigenvalue weighted by atomic mass is 9.98. The molecular formula is C15H20ClNO2S. The second kappa shape index (κ2) is 5.88. The zero-order valence-electron chi connectivity index (χ0n) is 11.7. The Bertz CT molecular complexity index is 600. The van der Waals surface area contributed by atoms with E-state index in [0.717, 1.165) is 5.56 Å². The number of hydrogen-bond acceptors (Lipinski definition) is 3. The molecule has 1 aliphatic heterocycles. The summed E-state index contributed by atoms with van der Waals surface area (Å²) in [5.74, 6) is 0.487. The van der Waals surface area contributed by atoms with Crippen LogP contribution in [0.15, 0.2) is 36.9 Å². The van der Waals surface area contributed by atoms with E-state index in [-0.39, 0.29) is 17.0 Å². The molecule has 2 rings (SSSR count). The molecule has 5 heteroatoms. The van der Waals surface area contributed by atoms with Gasteiger partial charge in [0.2, 0.25) is 0 Å². The Labute approximate surface area is 126 Å². The Hall–Kier alpha value is -0.840. The van der Waals surface area contributed by atoms with Crippen LogP contribution >= 0.6 is 11.6 Å². The number of halogens is 1. The van der Waals surface area contributed by atoms with Crippen LogP contribution in [0.4, 0.5) is 0 Å². The molecule has 0 spiro atoms. The van der Waals surface area contributed by atoms with Gasteiger partial charge in [0.15, 0.2) is 9.84 Å². The highest BCUT2D eigenvalue weighted by Crippen LogP contribution is 2.31. The van der Waals surface area contributed by atoms with Gasteiger partial charge in [0.25, 0.3) is 0 Å². The number of benzene rings is 1. The first kappa shape index (κ1) is 15.5. The van der Waals surface area contributed by atoms with Crippen molar-refractivity contribution in [3.63, 3.8) is 0 Å².